The minimum Gasteiger partial charge on any atom is -0.421 e. The van der Waals surface area contributed by atoms with Crippen LogP contribution in [0.25, 0.3) is 32.1 Å². The van der Waals surface area contributed by atoms with Gasteiger partial charge >= 0.3 is 0 Å². The maximum atomic E-state index is 6.12. The lowest BCUT2D eigenvalue weighted by Crippen LogP contribution is -2.34. The molecule has 0 aromatic carbocycles. The SMILES string of the molecule is CNc1ncnc2cc(-c3c4c(nc(CCC5CCOC(C)(C)C5)c3-c3nnc(C)o3)C(C(C)C)CS4)sc12. The molecule has 206 valence electrons. The Balaban J connectivity index is 1.54. The van der Waals surface area contributed by atoms with E-state index in [9.17, 15) is 0 Å². The lowest BCUT2D eigenvalue weighted by molar-refractivity contribution is -0.0734. The van der Waals surface area contributed by atoms with Crippen LogP contribution in [0.4, 0.5) is 5.82 Å². The molecule has 0 amide bonds. The maximum absolute atomic E-state index is 6.12. The Labute approximate surface area is 237 Å². The summed E-state index contributed by atoms with van der Waals surface area (Å²) in [7, 11) is 1.90. The molecular formula is C29H36N6O2S2. The highest BCUT2D eigenvalue weighted by molar-refractivity contribution is 7.99. The lowest BCUT2D eigenvalue weighted by atomic mass is 9.84. The van der Waals surface area contributed by atoms with E-state index in [2.05, 4.69) is 59.2 Å². The van der Waals surface area contributed by atoms with Crippen molar-refractivity contribution in [3.63, 3.8) is 0 Å². The highest BCUT2D eigenvalue weighted by Gasteiger charge is 2.36. The van der Waals surface area contributed by atoms with Gasteiger partial charge in [0.2, 0.25) is 11.8 Å². The Morgan fingerprint density at radius 2 is 2.03 bits per heavy atom. The van der Waals surface area contributed by atoms with Crippen LogP contribution in [0.1, 0.15) is 70.2 Å². The van der Waals surface area contributed by atoms with Crippen molar-refractivity contribution in [2.45, 2.75) is 76.7 Å². The van der Waals surface area contributed by atoms with E-state index < -0.39 is 0 Å². The number of thiophene rings is 1. The predicted octanol–water partition coefficient (Wildman–Crippen LogP) is 7.14. The molecule has 0 spiro atoms. The van der Waals surface area contributed by atoms with Gasteiger partial charge in [0.15, 0.2) is 0 Å². The largest absolute Gasteiger partial charge is 0.421 e. The van der Waals surface area contributed by atoms with Gasteiger partial charge in [-0.25, -0.2) is 9.97 Å². The van der Waals surface area contributed by atoms with E-state index in [0.717, 1.165) is 75.8 Å². The molecule has 2 aliphatic rings. The molecule has 0 radical (unpaired) electrons. The van der Waals surface area contributed by atoms with Crippen LogP contribution in [0, 0.1) is 18.8 Å². The van der Waals surface area contributed by atoms with Crippen LogP contribution in [-0.2, 0) is 11.2 Å². The first-order chi connectivity index (χ1) is 18.7. The minimum atomic E-state index is -0.0750. The Kier molecular flexibility index (Phi) is 7.14. The van der Waals surface area contributed by atoms with E-state index in [1.165, 1.54) is 10.6 Å². The van der Waals surface area contributed by atoms with E-state index in [4.69, 9.17) is 14.1 Å². The molecule has 1 N–H and O–H groups in total. The number of nitrogens with one attached hydrogen (secondary N) is 1. The second-order valence-electron chi connectivity index (χ2n) is 11.6. The summed E-state index contributed by atoms with van der Waals surface area (Å²) in [5, 5.41) is 12.0. The van der Waals surface area contributed by atoms with Crippen molar-refractivity contribution in [2.75, 3.05) is 24.7 Å². The summed E-state index contributed by atoms with van der Waals surface area (Å²) in [5.41, 5.74) is 5.26. The van der Waals surface area contributed by atoms with Gasteiger partial charge in [-0.05, 0) is 57.4 Å². The Morgan fingerprint density at radius 3 is 2.74 bits per heavy atom. The van der Waals surface area contributed by atoms with Gasteiger partial charge in [0, 0.05) is 47.6 Å². The summed E-state index contributed by atoms with van der Waals surface area (Å²) in [4.78, 5) is 16.8. The van der Waals surface area contributed by atoms with E-state index >= 15 is 0 Å². The zero-order valence-corrected chi connectivity index (χ0v) is 25.1. The molecule has 4 aromatic rings. The zero-order chi connectivity index (χ0) is 27.3. The number of fused-ring (bicyclic) bond motifs is 2. The third-order valence-electron chi connectivity index (χ3n) is 7.94. The second kappa shape index (κ2) is 10.4. The van der Waals surface area contributed by atoms with Crippen LogP contribution in [0.2, 0.25) is 0 Å². The van der Waals surface area contributed by atoms with Crippen LogP contribution >= 0.6 is 23.1 Å². The number of thioether (sulfide) groups is 1. The molecular weight excluding hydrogens is 528 g/mol. The number of ether oxygens (including phenoxy) is 1. The van der Waals surface area contributed by atoms with Crippen LogP contribution in [-0.4, -0.2) is 50.2 Å². The van der Waals surface area contributed by atoms with Gasteiger partial charge in [-0.3, -0.25) is 4.98 Å². The van der Waals surface area contributed by atoms with E-state index in [1.54, 1.807) is 17.7 Å². The number of aromatic nitrogens is 5. The molecule has 39 heavy (non-hydrogen) atoms. The number of hydrogen-bond donors (Lipinski definition) is 1. The van der Waals surface area contributed by atoms with Gasteiger partial charge in [-0.2, -0.15) is 0 Å². The smallest absolute Gasteiger partial charge is 0.250 e. The molecule has 0 saturated carbocycles. The molecule has 6 heterocycles. The van der Waals surface area contributed by atoms with Crippen LogP contribution < -0.4 is 5.32 Å². The number of anilines is 1. The van der Waals surface area contributed by atoms with Crippen molar-refractivity contribution in [1.82, 2.24) is 25.1 Å². The number of pyridine rings is 1. The molecule has 2 unspecified atom stereocenters. The number of nitrogens with zero attached hydrogens (tertiary/aromatic N) is 5. The summed E-state index contributed by atoms with van der Waals surface area (Å²) >= 11 is 3.61. The van der Waals surface area contributed by atoms with Crippen molar-refractivity contribution in [3.8, 4) is 21.9 Å². The van der Waals surface area contributed by atoms with Crippen molar-refractivity contribution < 1.29 is 9.15 Å². The second-order valence-corrected chi connectivity index (χ2v) is 13.7. The van der Waals surface area contributed by atoms with E-state index in [1.807, 2.05) is 25.7 Å². The monoisotopic (exact) mass is 564 g/mol. The summed E-state index contributed by atoms with van der Waals surface area (Å²) in [6.07, 6.45) is 5.68. The highest BCUT2D eigenvalue weighted by atomic mass is 32.2. The first-order valence-corrected chi connectivity index (χ1v) is 15.6. The Bertz CT molecular complexity index is 1510. The third-order valence-corrected chi connectivity index (χ3v) is 10.3. The van der Waals surface area contributed by atoms with E-state index in [0.29, 0.717) is 29.5 Å². The standard InChI is InChI=1S/C29H36N6O2S2/c1-15(2)18-13-38-26-23(21-11-20-25(39-21)27(30-6)32-14-31-20)22(28-35-34-16(3)37-28)19(33-24(18)26)8-7-17-9-10-36-29(4,5)12-17/h11,14-15,17-18H,7-10,12-13H2,1-6H3,(H,30,31,32). The first kappa shape index (κ1) is 26.7. The predicted molar refractivity (Wildman–Crippen MR) is 158 cm³/mol. The molecule has 4 aromatic heterocycles. The van der Waals surface area contributed by atoms with Crippen molar-refractivity contribution in [2.24, 2.45) is 11.8 Å². The molecule has 0 aliphatic carbocycles. The number of hydrogen-bond acceptors (Lipinski definition) is 10. The Morgan fingerprint density at radius 1 is 1.18 bits per heavy atom. The summed E-state index contributed by atoms with van der Waals surface area (Å²) < 4.78 is 13.2. The highest BCUT2D eigenvalue weighted by Crippen LogP contribution is 2.53. The minimum absolute atomic E-state index is 0.0750. The third kappa shape index (κ3) is 5.07. The summed E-state index contributed by atoms with van der Waals surface area (Å²) in [5.74, 6) is 4.48. The molecule has 2 aliphatic heterocycles. The quantitative estimate of drug-likeness (QED) is 0.251. The molecule has 1 fully saturated rings. The molecule has 10 heteroatoms. The fraction of sp³-hybridized carbons (Fsp3) is 0.552. The van der Waals surface area contributed by atoms with Crippen molar-refractivity contribution in [1.29, 1.82) is 0 Å². The van der Waals surface area contributed by atoms with Crippen LogP contribution in [0.15, 0.2) is 21.7 Å². The summed E-state index contributed by atoms with van der Waals surface area (Å²) in [6, 6.07) is 2.18. The topological polar surface area (TPSA) is 98.9 Å². The Hall–Kier alpha value is -2.56. The van der Waals surface area contributed by atoms with Gasteiger partial charge in [0.25, 0.3) is 0 Å². The molecule has 6 rings (SSSR count). The zero-order valence-electron chi connectivity index (χ0n) is 23.5. The van der Waals surface area contributed by atoms with E-state index in [-0.39, 0.29) is 5.60 Å². The molecule has 2 atom stereocenters. The van der Waals surface area contributed by atoms with Crippen LogP contribution in [0.5, 0.6) is 0 Å². The lowest BCUT2D eigenvalue weighted by Gasteiger charge is -2.35. The molecule has 1 saturated heterocycles. The molecule has 8 nitrogen and oxygen atoms in total. The number of aryl methyl sites for hydroxylation is 2. The fourth-order valence-corrected chi connectivity index (χ4v) is 8.76. The average molecular weight is 565 g/mol. The van der Waals surface area contributed by atoms with Crippen LogP contribution in [0.3, 0.4) is 0 Å². The molecule has 0 bridgehead atoms. The fourth-order valence-electron chi connectivity index (χ4n) is 5.94. The van der Waals surface area contributed by atoms with Gasteiger partial charge in [0.1, 0.15) is 12.1 Å². The average Bonchev–Trinajstić information content (AvgIpc) is 3.63. The maximum Gasteiger partial charge on any atom is 0.250 e. The number of rotatable bonds is 7. The van der Waals surface area contributed by atoms with Gasteiger partial charge in [0.05, 0.1) is 32.8 Å². The van der Waals surface area contributed by atoms with Gasteiger partial charge < -0.3 is 14.5 Å². The van der Waals surface area contributed by atoms with Crippen molar-refractivity contribution in [3.05, 3.63) is 29.7 Å². The van der Waals surface area contributed by atoms with Gasteiger partial charge in [-0.1, -0.05) is 13.8 Å². The normalized spacial score (nSPS) is 20.6. The first-order valence-electron chi connectivity index (χ1n) is 13.8. The summed E-state index contributed by atoms with van der Waals surface area (Å²) in [6.45, 7) is 11.7. The van der Waals surface area contributed by atoms with Crippen molar-refractivity contribution >= 4 is 39.1 Å². The van der Waals surface area contributed by atoms with Gasteiger partial charge in [-0.15, -0.1) is 33.3 Å².